The third-order valence-electron chi connectivity index (χ3n) is 3.62. The summed E-state index contributed by atoms with van der Waals surface area (Å²) in [5.41, 5.74) is 1.60. The fourth-order valence-electron chi connectivity index (χ4n) is 2.27. The Morgan fingerprint density at radius 3 is 2.52 bits per heavy atom. The van der Waals surface area contributed by atoms with Crippen LogP contribution < -0.4 is 5.32 Å². The Balaban J connectivity index is 2.67. The Kier molecular flexibility index (Phi) is 6.72. The van der Waals surface area contributed by atoms with Gasteiger partial charge in [0.05, 0.1) is 0 Å². The van der Waals surface area contributed by atoms with Gasteiger partial charge in [-0.3, -0.25) is 4.79 Å². The van der Waals surface area contributed by atoms with Crippen LogP contribution >= 0.6 is 0 Å². The van der Waals surface area contributed by atoms with Crippen LogP contribution in [0.4, 0.5) is 10.5 Å². The molecule has 1 aromatic carbocycles. The summed E-state index contributed by atoms with van der Waals surface area (Å²) in [6.45, 7) is 4.12. The molecular formula is C16H24N2O3. The summed E-state index contributed by atoms with van der Waals surface area (Å²) >= 11 is 0. The SMILES string of the molecule is CCC(CC)N(C)C(=O)Nc1cccc(CCC(=O)O)c1. The van der Waals surface area contributed by atoms with Crippen LogP contribution in [0.15, 0.2) is 24.3 Å². The van der Waals surface area contributed by atoms with E-state index in [4.69, 9.17) is 5.11 Å². The van der Waals surface area contributed by atoms with Crippen LogP contribution in [0.5, 0.6) is 0 Å². The number of anilines is 1. The fourth-order valence-corrected chi connectivity index (χ4v) is 2.27. The number of aryl methyl sites for hydroxylation is 1. The minimum atomic E-state index is -0.821. The average molecular weight is 292 g/mol. The summed E-state index contributed by atoms with van der Waals surface area (Å²) in [7, 11) is 1.79. The normalized spacial score (nSPS) is 10.5. The van der Waals surface area contributed by atoms with E-state index in [1.807, 2.05) is 24.3 Å². The van der Waals surface area contributed by atoms with Gasteiger partial charge in [0.2, 0.25) is 0 Å². The van der Waals surface area contributed by atoms with E-state index >= 15 is 0 Å². The molecule has 2 amide bonds. The molecule has 0 saturated carbocycles. The monoisotopic (exact) mass is 292 g/mol. The van der Waals surface area contributed by atoms with Crippen molar-refractivity contribution in [1.82, 2.24) is 4.90 Å². The summed E-state index contributed by atoms with van der Waals surface area (Å²) in [5, 5.41) is 11.6. The Bertz CT molecular complexity index is 484. The lowest BCUT2D eigenvalue weighted by atomic mass is 10.1. The van der Waals surface area contributed by atoms with Gasteiger partial charge in [0.25, 0.3) is 0 Å². The topological polar surface area (TPSA) is 69.6 Å². The number of hydrogen-bond acceptors (Lipinski definition) is 2. The second-order valence-corrected chi connectivity index (χ2v) is 5.11. The molecule has 0 fully saturated rings. The van der Waals surface area contributed by atoms with Crippen molar-refractivity contribution in [2.45, 2.75) is 45.6 Å². The highest BCUT2D eigenvalue weighted by Gasteiger charge is 2.16. The zero-order chi connectivity index (χ0) is 15.8. The molecule has 0 aliphatic carbocycles. The van der Waals surface area contributed by atoms with Gasteiger partial charge in [0, 0.05) is 25.2 Å². The molecule has 0 aliphatic rings. The van der Waals surface area contributed by atoms with Crippen LogP contribution in [0.2, 0.25) is 0 Å². The first-order valence-electron chi connectivity index (χ1n) is 7.32. The number of carbonyl (C=O) groups is 2. The summed E-state index contributed by atoms with van der Waals surface area (Å²) in [6, 6.07) is 7.40. The number of rotatable bonds is 7. The molecule has 5 nitrogen and oxygen atoms in total. The fraction of sp³-hybridized carbons (Fsp3) is 0.500. The van der Waals surface area contributed by atoms with Crippen LogP contribution in [0, 0.1) is 0 Å². The first kappa shape index (κ1) is 17.0. The van der Waals surface area contributed by atoms with E-state index in [-0.39, 0.29) is 18.5 Å². The first-order chi connectivity index (χ1) is 9.97. The van der Waals surface area contributed by atoms with Gasteiger partial charge in [-0.2, -0.15) is 0 Å². The van der Waals surface area contributed by atoms with E-state index in [2.05, 4.69) is 19.2 Å². The Morgan fingerprint density at radius 1 is 1.29 bits per heavy atom. The van der Waals surface area contributed by atoms with Crippen molar-refractivity contribution in [3.63, 3.8) is 0 Å². The number of nitrogens with one attached hydrogen (secondary N) is 1. The van der Waals surface area contributed by atoms with E-state index in [0.29, 0.717) is 12.1 Å². The summed E-state index contributed by atoms with van der Waals surface area (Å²) in [5.74, 6) is -0.821. The maximum atomic E-state index is 12.2. The highest BCUT2D eigenvalue weighted by atomic mass is 16.4. The highest BCUT2D eigenvalue weighted by molar-refractivity contribution is 5.89. The largest absolute Gasteiger partial charge is 0.481 e. The van der Waals surface area contributed by atoms with Gasteiger partial charge in [-0.05, 0) is 37.0 Å². The Hall–Kier alpha value is -2.04. The third-order valence-corrected chi connectivity index (χ3v) is 3.62. The Morgan fingerprint density at radius 2 is 1.95 bits per heavy atom. The molecule has 2 N–H and O–H groups in total. The van der Waals surface area contributed by atoms with E-state index in [9.17, 15) is 9.59 Å². The number of hydrogen-bond donors (Lipinski definition) is 2. The van der Waals surface area contributed by atoms with Gasteiger partial charge in [0.15, 0.2) is 0 Å². The van der Waals surface area contributed by atoms with Gasteiger partial charge in [-0.1, -0.05) is 26.0 Å². The van der Waals surface area contributed by atoms with Crippen molar-refractivity contribution in [2.24, 2.45) is 0 Å². The maximum Gasteiger partial charge on any atom is 0.321 e. The number of carboxylic acid groups (broad SMARTS) is 1. The zero-order valence-corrected chi connectivity index (χ0v) is 12.9. The number of urea groups is 1. The number of amides is 2. The van der Waals surface area contributed by atoms with Crippen molar-refractivity contribution in [1.29, 1.82) is 0 Å². The van der Waals surface area contributed by atoms with E-state index in [1.54, 1.807) is 11.9 Å². The second-order valence-electron chi connectivity index (χ2n) is 5.11. The van der Waals surface area contributed by atoms with Crippen molar-refractivity contribution in [3.05, 3.63) is 29.8 Å². The molecule has 0 aliphatic heterocycles. The van der Waals surface area contributed by atoms with E-state index < -0.39 is 5.97 Å². The van der Waals surface area contributed by atoms with Gasteiger partial charge >= 0.3 is 12.0 Å². The van der Waals surface area contributed by atoms with Gasteiger partial charge in [-0.25, -0.2) is 4.79 Å². The molecule has 0 heterocycles. The molecular weight excluding hydrogens is 268 g/mol. The molecule has 5 heteroatoms. The molecule has 0 radical (unpaired) electrons. The Labute approximate surface area is 126 Å². The third kappa shape index (κ3) is 5.45. The summed E-state index contributed by atoms with van der Waals surface area (Å²) < 4.78 is 0. The van der Waals surface area contributed by atoms with Crippen molar-refractivity contribution < 1.29 is 14.7 Å². The molecule has 0 bridgehead atoms. The van der Waals surface area contributed by atoms with Crippen LogP contribution in [-0.4, -0.2) is 35.1 Å². The van der Waals surface area contributed by atoms with Crippen molar-refractivity contribution >= 4 is 17.7 Å². The predicted octanol–water partition coefficient (Wildman–Crippen LogP) is 3.36. The van der Waals surface area contributed by atoms with Crippen LogP contribution in [-0.2, 0) is 11.2 Å². The molecule has 0 unspecified atom stereocenters. The number of aliphatic carboxylic acids is 1. The van der Waals surface area contributed by atoms with Crippen LogP contribution in [0.1, 0.15) is 38.7 Å². The zero-order valence-electron chi connectivity index (χ0n) is 12.9. The smallest absolute Gasteiger partial charge is 0.321 e. The molecule has 0 aromatic heterocycles. The lowest BCUT2D eigenvalue weighted by molar-refractivity contribution is -0.136. The standard InChI is InChI=1S/C16H24N2O3/c1-4-14(5-2)18(3)16(21)17-13-8-6-7-12(11-13)9-10-15(19)20/h6-8,11,14H,4-5,9-10H2,1-3H3,(H,17,21)(H,19,20). The predicted molar refractivity (Wildman–Crippen MR) is 83.6 cm³/mol. The van der Waals surface area contributed by atoms with Gasteiger partial charge < -0.3 is 15.3 Å². The highest BCUT2D eigenvalue weighted by Crippen LogP contribution is 2.14. The average Bonchev–Trinajstić information content (AvgIpc) is 2.46. The lowest BCUT2D eigenvalue weighted by Gasteiger charge is -2.26. The quantitative estimate of drug-likeness (QED) is 0.809. The number of carbonyl (C=O) groups excluding carboxylic acids is 1. The molecule has 0 saturated heterocycles. The molecule has 0 spiro atoms. The molecule has 1 aromatic rings. The summed E-state index contributed by atoms with van der Waals surface area (Å²) in [4.78, 5) is 24.5. The summed E-state index contributed by atoms with van der Waals surface area (Å²) in [6.07, 6.45) is 2.38. The molecule has 0 atom stereocenters. The minimum absolute atomic E-state index is 0.0883. The minimum Gasteiger partial charge on any atom is -0.481 e. The van der Waals surface area contributed by atoms with Gasteiger partial charge in [-0.15, -0.1) is 0 Å². The number of nitrogens with zero attached hydrogens (tertiary/aromatic N) is 1. The van der Waals surface area contributed by atoms with E-state index in [0.717, 1.165) is 18.4 Å². The van der Waals surface area contributed by atoms with Crippen molar-refractivity contribution in [3.8, 4) is 0 Å². The number of benzene rings is 1. The maximum absolute atomic E-state index is 12.2. The van der Waals surface area contributed by atoms with Crippen molar-refractivity contribution in [2.75, 3.05) is 12.4 Å². The van der Waals surface area contributed by atoms with Crippen LogP contribution in [0.25, 0.3) is 0 Å². The molecule has 21 heavy (non-hydrogen) atoms. The molecule has 1 rings (SSSR count). The molecule has 116 valence electrons. The lowest BCUT2D eigenvalue weighted by Crippen LogP contribution is -2.39. The van der Waals surface area contributed by atoms with Gasteiger partial charge in [0.1, 0.15) is 0 Å². The second kappa shape index (κ2) is 8.29. The first-order valence-corrected chi connectivity index (χ1v) is 7.32. The van der Waals surface area contributed by atoms with Crippen LogP contribution in [0.3, 0.4) is 0 Å². The van der Waals surface area contributed by atoms with E-state index in [1.165, 1.54) is 0 Å². The number of carboxylic acids is 1.